The molecule has 3 aromatic rings. The summed E-state index contributed by atoms with van der Waals surface area (Å²) < 4.78 is 26.3. The second-order valence-corrected chi connectivity index (χ2v) is 7.21. The summed E-state index contributed by atoms with van der Waals surface area (Å²) in [6.07, 6.45) is 0. The van der Waals surface area contributed by atoms with Crippen molar-refractivity contribution in [3.63, 3.8) is 0 Å². The lowest BCUT2D eigenvalue weighted by atomic mass is 10.1. The summed E-state index contributed by atoms with van der Waals surface area (Å²) >= 11 is 9.64. The Labute approximate surface area is 176 Å². The largest absolute Gasteiger partial charge is 0.508 e. The molecule has 0 amide bonds. The van der Waals surface area contributed by atoms with E-state index >= 15 is 0 Å². The predicted molar refractivity (Wildman–Crippen MR) is 112 cm³/mol. The van der Waals surface area contributed by atoms with Gasteiger partial charge in [0.05, 0.1) is 12.1 Å². The molecule has 3 rings (SSSR count). The topological polar surface area (TPSA) is 50.7 Å². The van der Waals surface area contributed by atoms with Crippen LogP contribution in [0.2, 0.25) is 5.02 Å². The second kappa shape index (κ2) is 9.17. The summed E-state index contributed by atoms with van der Waals surface area (Å²) in [5, 5.41) is 13.0. The van der Waals surface area contributed by atoms with Gasteiger partial charge in [-0.3, -0.25) is 0 Å². The first-order valence-electron chi connectivity index (χ1n) is 8.43. The minimum absolute atomic E-state index is 0.0372. The van der Waals surface area contributed by atoms with E-state index in [9.17, 15) is 9.50 Å². The average Bonchev–Trinajstić information content (AvgIpc) is 2.68. The molecular formula is C21H18BrClFNO3. The van der Waals surface area contributed by atoms with Gasteiger partial charge in [0.25, 0.3) is 0 Å². The van der Waals surface area contributed by atoms with Crippen LogP contribution in [0.3, 0.4) is 0 Å². The number of hydrogen-bond donors (Lipinski definition) is 2. The lowest BCUT2D eigenvalue weighted by Gasteiger charge is -2.18. The van der Waals surface area contributed by atoms with Crippen LogP contribution in [0.15, 0.2) is 59.1 Å². The molecule has 0 aliphatic heterocycles. The van der Waals surface area contributed by atoms with Crippen molar-refractivity contribution in [1.29, 1.82) is 0 Å². The normalized spacial score (nSPS) is 10.6. The van der Waals surface area contributed by atoms with Gasteiger partial charge in [0.15, 0.2) is 11.5 Å². The molecule has 0 heterocycles. The number of methoxy groups -OCH3 is 1. The fourth-order valence-corrected chi connectivity index (χ4v) is 3.32. The third kappa shape index (κ3) is 4.69. The van der Waals surface area contributed by atoms with Crippen LogP contribution in [0.5, 0.6) is 17.2 Å². The number of anilines is 1. The van der Waals surface area contributed by atoms with Gasteiger partial charge in [-0.05, 0) is 48.5 Å². The van der Waals surface area contributed by atoms with Gasteiger partial charge in [-0.25, -0.2) is 4.39 Å². The molecule has 0 atom stereocenters. The van der Waals surface area contributed by atoms with Crippen molar-refractivity contribution in [2.24, 2.45) is 0 Å². The summed E-state index contributed by atoms with van der Waals surface area (Å²) in [5.74, 6) is 0.782. The van der Waals surface area contributed by atoms with Gasteiger partial charge in [-0.2, -0.15) is 0 Å². The maximum absolute atomic E-state index is 14.1. The molecule has 0 aromatic heterocycles. The highest BCUT2D eigenvalue weighted by atomic mass is 79.9. The molecule has 0 aliphatic rings. The first-order chi connectivity index (χ1) is 13.5. The van der Waals surface area contributed by atoms with E-state index in [4.69, 9.17) is 21.1 Å². The van der Waals surface area contributed by atoms with E-state index in [1.54, 1.807) is 49.6 Å². The number of benzene rings is 3. The Hall–Kier alpha value is -2.44. The van der Waals surface area contributed by atoms with Crippen LogP contribution in [0.1, 0.15) is 11.1 Å². The standard InChI is InChI=1S/C21H18BrClFNO3/c1-27-20-10-9-17(22)15(11-25-13-5-7-14(26)8-6-13)21(20)28-12-16-18(23)3-2-4-19(16)24/h2-10,25-26H,11-12H2,1H3. The molecule has 0 aliphatic carbocycles. The minimum atomic E-state index is -0.426. The van der Waals surface area contributed by atoms with Crippen molar-refractivity contribution >= 4 is 33.2 Å². The highest BCUT2D eigenvalue weighted by molar-refractivity contribution is 9.10. The molecule has 0 saturated carbocycles. The fraction of sp³-hybridized carbons (Fsp3) is 0.143. The van der Waals surface area contributed by atoms with E-state index in [2.05, 4.69) is 21.2 Å². The van der Waals surface area contributed by atoms with Gasteiger partial charge < -0.3 is 19.9 Å². The molecule has 0 unspecified atom stereocenters. The highest BCUT2D eigenvalue weighted by Gasteiger charge is 2.16. The van der Waals surface area contributed by atoms with Gasteiger partial charge in [0, 0.05) is 27.8 Å². The average molecular weight is 467 g/mol. The molecule has 0 saturated heterocycles. The van der Waals surface area contributed by atoms with Gasteiger partial charge in [-0.1, -0.05) is 33.6 Å². The Morgan fingerprint density at radius 1 is 1.07 bits per heavy atom. The van der Waals surface area contributed by atoms with Crippen molar-refractivity contribution in [2.75, 3.05) is 12.4 Å². The SMILES string of the molecule is COc1ccc(Br)c(CNc2ccc(O)cc2)c1OCc1c(F)cccc1Cl. The third-order valence-corrected chi connectivity index (χ3v) is 5.24. The summed E-state index contributed by atoms with van der Waals surface area (Å²) in [5.41, 5.74) is 1.92. The van der Waals surface area contributed by atoms with Gasteiger partial charge in [-0.15, -0.1) is 0 Å². The van der Waals surface area contributed by atoms with Crippen LogP contribution in [0, 0.1) is 5.82 Å². The number of rotatable bonds is 7. The number of nitrogens with one attached hydrogen (secondary N) is 1. The Morgan fingerprint density at radius 3 is 2.50 bits per heavy atom. The lowest BCUT2D eigenvalue weighted by molar-refractivity contribution is 0.277. The Morgan fingerprint density at radius 2 is 1.82 bits per heavy atom. The zero-order valence-corrected chi connectivity index (χ0v) is 17.3. The van der Waals surface area contributed by atoms with Crippen molar-refractivity contribution in [3.8, 4) is 17.2 Å². The molecule has 0 bridgehead atoms. The summed E-state index contributed by atoms with van der Waals surface area (Å²) in [6.45, 7) is 0.382. The molecule has 4 nitrogen and oxygen atoms in total. The van der Waals surface area contributed by atoms with Crippen LogP contribution in [0.25, 0.3) is 0 Å². The van der Waals surface area contributed by atoms with Crippen molar-refractivity contribution in [2.45, 2.75) is 13.2 Å². The van der Waals surface area contributed by atoms with Crippen LogP contribution >= 0.6 is 27.5 Å². The first kappa shape index (κ1) is 20.3. The summed E-state index contributed by atoms with van der Waals surface area (Å²) in [6, 6.07) is 14.9. The maximum Gasteiger partial charge on any atom is 0.167 e. The highest BCUT2D eigenvalue weighted by Crippen LogP contribution is 2.38. The summed E-state index contributed by atoms with van der Waals surface area (Å²) in [7, 11) is 1.54. The van der Waals surface area contributed by atoms with E-state index in [1.165, 1.54) is 6.07 Å². The molecule has 0 spiro atoms. The van der Waals surface area contributed by atoms with E-state index in [0.29, 0.717) is 23.1 Å². The Balaban J connectivity index is 1.86. The van der Waals surface area contributed by atoms with E-state index in [0.717, 1.165) is 15.7 Å². The van der Waals surface area contributed by atoms with Crippen molar-refractivity contribution < 1.29 is 19.0 Å². The third-order valence-electron chi connectivity index (χ3n) is 4.15. The molecule has 2 N–H and O–H groups in total. The number of phenols is 1. The zero-order chi connectivity index (χ0) is 20.1. The number of hydrogen-bond acceptors (Lipinski definition) is 4. The quantitative estimate of drug-likeness (QED) is 0.410. The van der Waals surface area contributed by atoms with Gasteiger partial charge in [0.2, 0.25) is 0 Å². The second-order valence-electron chi connectivity index (χ2n) is 5.95. The Bertz CT molecular complexity index is 946. The maximum atomic E-state index is 14.1. The molecule has 0 fully saturated rings. The van der Waals surface area contributed by atoms with E-state index in [1.807, 2.05) is 6.07 Å². The number of halogens is 3. The van der Waals surface area contributed by atoms with Crippen molar-refractivity contribution in [3.05, 3.63) is 81.0 Å². The van der Waals surface area contributed by atoms with Crippen LogP contribution in [0.4, 0.5) is 10.1 Å². The zero-order valence-electron chi connectivity index (χ0n) is 15.0. The summed E-state index contributed by atoms with van der Waals surface area (Å²) in [4.78, 5) is 0. The van der Waals surface area contributed by atoms with Gasteiger partial charge >= 0.3 is 0 Å². The fourth-order valence-electron chi connectivity index (χ4n) is 2.65. The lowest BCUT2D eigenvalue weighted by Crippen LogP contribution is -2.07. The first-order valence-corrected chi connectivity index (χ1v) is 9.60. The number of aromatic hydroxyl groups is 1. The minimum Gasteiger partial charge on any atom is -0.508 e. The number of ether oxygens (including phenoxy) is 2. The van der Waals surface area contributed by atoms with Crippen LogP contribution in [-0.2, 0) is 13.2 Å². The monoisotopic (exact) mass is 465 g/mol. The van der Waals surface area contributed by atoms with E-state index < -0.39 is 5.82 Å². The molecule has 3 aromatic carbocycles. The van der Waals surface area contributed by atoms with Crippen LogP contribution in [-0.4, -0.2) is 12.2 Å². The van der Waals surface area contributed by atoms with Gasteiger partial charge in [0.1, 0.15) is 18.2 Å². The predicted octanol–water partition coefficient (Wildman–Crippen LogP) is 6.15. The van der Waals surface area contributed by atoms with Crippen LogP contribution < -0.4 is 14.8 Å². The molecular weight excluding hydrogens is 449 g/mol. The molecule has 0 radical (unpaired) electrons. The molecule has 146 valence electrons. The van der Waals surface area contributed by atoms with Crippen molar-refractivity contribution in [1.82, 2.24) is 0 Å². The molecule has 28 heavy (non-hydrogen) atoms. The smallest absolute Gasteiger partial charge is 0.167 e. The number of phenolic OH excluding ortho intramolecular Hbond substituents is 1. The molecule has 7 heteroatoms. The Kier molecular flexibility index (Phi) is 6.65. The van der Waals surface area contributed by atoms with E-state index in [-0.39, 0.29) is 17.9 Å².